The number of hydrogen-bond donors (Lipinski definition) is 2. The summed E-state index contributed by atoms with van der Waals surface area (Å²) in [6.07, 6.45) is -1.46. The maximum atomic E-state index is 12.2. The Morgan fingerprint density at radius 1 is 1.24 bits per heavy atom. The number of carbonyl (C=O) groups excluding carboxylic acids is 2. The number of amides is 1. The minimum Gasteiger partial charge on any atom is -0.478 e. The lowest BCUT2D eigenvalue weighted by molar-refractivity contribution is -0.124. The van der Waals surface area contributed by atoms with Gasteiger partial charge < -0.3 is 15.6 Å². The van der Waals surface area contributed by atoms with E-state index >= 15 is 0 Å². The lowest BCUT2D eigenvalue weighted by atomic mass is 10.1. The van der Waals surface area contributed by atoms with Gasteiger partial charge in [-0.2, -0.15) is 0 Å². The van der Waals surface area contributed by atoms with E-state index in [-0.39, 0.29) is 17.9 Å². The van der Waals surface area contributed by atoms with Crippen LogP contribution in [0.5, 0.6) is 0 Å². The van der Waals surface area contributed by atoms with Gasteiger partial charge in [0, 0.05) is 11.4 Å². The molecule has 0 aliphatic carbocycles. The van der Waals surface area contributed by atoms with Gasteiger partial charge in [-0.15, -0.1) is 11.3 Å². The molecule has 0 radical (unpaired) electrons. The summed E-state index contributed by atoms with van der Waals surface area (Å²) in [6.45, 7) is 1.48. The molecule has 1 aromatic carbocycles. The first-order valence-corrected chi connectivity index (χ1v) is 8.38. The van der Waals surface area contributed by atoms with Gasteiger partial charge in [-0.3, -0.25) is 9.69 Å². The average Bonchev–Trinajstić information content (AvgIpc) is 3.18. The molecule has 2 atom stereocenters. The van der Waals surface area contributed by atoms with E-state index in [2.05, 4.69) is 0 Å². The molecule has 1 aromatic heterocycles. The highest BCUT2D eigenvalue weighted by Gasteiger charge is 2.44. The Morgan fingerprint density at radius 3 is 2.48 bits per heavy atom. The molecule has 1 fully saturated rings. The van der Waals surface area contributed by atoms with Crippen molar-refractivity contribution in [2.75, 3.05) is 11.4 Å². The zero-order chi connectivity index (χ0) is 18.1. The molecule has 1 amide bonds. The molecule has 130 valence electrons. The minimum atomic E-state index is -0.987. The number of thiophene rings is 1. The van der Waals surface area contributed by atoms with Gasteiger partial charge in [0.15, 0.2) is 11.9 Å². The number of carboxylic acid groups (broad SMARTS) is 1. The molecule has 1 unspecified atom stereocenters. The van der Waals surface area contributed by atoms with Gasteiger partial charge in [-0.05, 0) is 36.8 Å². The Balaban J connectivity index is 1.89. The summed E-state index contributed by atoms with van der Waals surface area (Å²) in [4.78, 5) is 37.0. The highest BCUT2D eigenvalue weighted by molar-refractivity contribution is 7.19. The average molecular weight is 360 g/mol. The van der Waals surface area contributed by atoms with Crippen LogP contribution in [0.4, 0.5) is 9.80 Å². The van der Waals surface area contributed by atoms with Crippen molar-refractivity contribution in [1.29, 1.82) is 0 Å². The van der Waals surface area contributed by atoms with Crippen molar-refractivity contribution >= 4 is 34.2 Å². The number of rotatable bonds is 5. The fraction of sp³-hybridized carbons (Fsp3) is 0.235. The van der Waals surface area contributed by atoms with Gasteiger partial charge in [-0.25, -0.2) is 9.59 Å². The molecule has 0 saturated carbocycles. The van der Waals surface area contributed by atoms with Crippen LogP contribution in [-0.4, -0.2) is 41.6 Å². The maximum absolute atomic E-state index is 12.2. The third-order valence-electron chi connectivity index (χ3n) is 3.99. The SMILES string of the molecule is CC(=O)[C@H]1OC(=O)N(c2ccc(-c3ccc(C(=O)O)cc3)s2)C1CN. The van der Waals surface area contributed by atoms with E-state index in [4.69, 9.17) is 15.6 Å². The minimum absolute atomic E-state index is 0.108. The van der Waals surface area contributed by atoms with Gasteiger partial charge in [0.25, 0.3) is 0 Å². The fourth-order valence-corrected chi connectivity index (χ4v) is 3.80. The molecule has 0 bridgehead atoms. The van der Waals surface area contributed by atoms with Gasteiger partial charge in [-0.1, -0.05) is 12.1 Å². The van der Waals surface area contributed by atoms with Gasteiger partial charge in [0.2, 0.25) is 0 Å². The molecule has 0 spiro atoms. The number of ether oxygens (including phenoxy) is 1. The van der Waals surface area contributed by atoms with E-state index in [0.29, 0.717) is 5.00 Å². The monoisotopic (exact) mass is 360 g/mol. The van der Waals surface area contributed by atoms with Crippen LogP contribution in [0.1, 0.15) is 17.3 Å². The molecule has 1 saturated heterocycles. The highest BCUT2D eigenvalue weighted by Crippen LogP contribution is 2.37. The normalized spacial score (nSPS) is 19.8. The van der Waals surface area contributed by atoms with Crippen molar-refractivity contribution in [3.8, 4) is 10.4 Å². The van der Waals surface area contributed by atoms with Crippen molar-refractivity contribution in [2.24, 2.45) is 5.73 Å². The number of ketones is 1. The third kappa shape index (κ3) is 3.13. The van der Waals surface area contributed by atoms with E-state index in [1.54, 1.807) is 18.2 Å². The van der Waals surface area contributed by atoms with Crippen molar-refractivity contribution in [2.45, 2.75) is 19.1 Å². The van der Waals surface area contributed by atoms with E-state index in [0.717, 1.165) is 10.4 Å². The molecule has 2 aromatic rings. The Hall–Kier alpha value is -2.71. The second kappa shape index (κ2) is 6.66. The number of carboxylic acids is 1. The Bertz CT molecular complexity index is 830. The first-order valence-electron chi connectivity index (χ1n) is 7.56. The second-order valence-corrected chi connectivity index (χ2v) is 6.67. The summed E-state index contributed by atoms with van der Waals surface area (Å²) in [5, 5.41) is 9.58. The summed E-state index contributed by atoms with van der Waals surface area (Å²) in [5.74, 6) is -1.23. The quantitative estimate of drug-likeness (QED) is 0.847. The Labute approximate surface area is 147 Å². The molecule has 3 N–H and O–H groups in total. The number of cyclic esters (lactones) is 1. The van der Waals surface area contributed by atoms with Crippen LogP contribution >= 0.6 is 11.3 Å². The number of nitrogens with two attached hydrogens (primary N) is 1. The smallest absolute Gasteiger partial charge is 0.416 e. The standard InChI is InChI=1S/C17H16N2O5S/c1-9(20)15-12(8-18)19(17(23)24-15)14-7-6-13(25-14)10-2-4-11(5-3-10)16(21)22/h2-7,12,15H,8,18H2,1H3,(H,21,22)/t12?,15-/m1/s1. The summed E-state index contributed by atoms with van der Waals surface area (Å²) < 4.78 is 5.15. The zero-order valence-corrected chi connectivity index (χ0v) is 14.2. The Morgan fingerprint density at radius 2 is 1.92 bits per heavy atom. The first-order chi connectivity index (χ1) is 11.9. The lowest BCUT2D eigenvalue weighted by Crippen LogP contribution is -2.44. The Kier molecular flexibility index (Phi) is 4.56. The van der Waals surface area contributed by atoms with Gasteiger partial charge in [0.05, 0.1) is 11.6 Å². The summed E-state index contributed by atoms with van der Waals surface area (Å²) in [7, 11) is 0. The van der Waals surface area contributed by atoms with Crippen molar-refractivity contribution in [3.63, 3.8) is 0 Å². The van der Waals surface area contributed by atoms with Crippen molar-refractivity contribution in [1.82, 2.24) is 0 Å². The predicted octanol–water partition coefficient (Wildman–Crippen LogP) is 2.35. The zero-order valence-electron chi connectivity index (χ0n) is 13.3. The number of nitrogens with zero attached hydrogens (tertiary/aromatic N) is 1. The summed E-state index contributed by atoms with van der Waals surface area (Å²) in [6, 6.07) is 9.52. The third-order valence-corrected chi connectivity index (χ3v) is 5.13. The number of benzene rings is 1. The lowest BCUT2D eigenvalue weighted by Gasteiger charge is -2.20. The number of carbonyl (C=O) groups is 3. The van der Waals surface area contributed by atoms with E-state index in [9.17, 15) is 14.4 Å². The van der Waals surface area contributed by atoms with Crippen molar-refractivity contribution < 1.29 is 24.2 Å². The molecule has 1 aliphatic rings. The molecular weight excluding hydrogens is 344 g/mol. The van der Waals surface area contributed by atoms with Crippen LogP contribution in [0, 0.1) is 0 Å². The molecule has 25 heavy (non-hydrogen) atoms. The van der Waals surface area contributed by atoms with Crippen LogP contribution in [0.15, 0.2) is 36.4 Å². The van der Waals surface area contributed by atoms with E-state index < -0.39 is 24.2 Å². The van der Waals surface area contributed by atoms with Crippen LogP contribution < -0.4 is 10.6 Å². The maximum Gasteiger partial charge on any atom is 0.416 e. The van der Waals surface area contributed by atoms with Gasteiger partial charge in [0.1, 0.15) is 5.00 Å². The predicted molar refractivity (Wildman–Crippen MR) is 93.0 cm³/mol. The van der Waals surface area contributed by atoms with Crippen LogP contribution in [0.25, 0.3) is 10.4 Å². The fourth-order valence-electron chi connectivity index (χ4n) is 2.74. The molecule has 8 heteroatoms. The number of anilines is 1. The van der Waals surface area contributed by atoms with Crippen LogP contribution in [-0.2, 0) is 9.53 Å². The summed E-state index contributed by atoms with van der Waals surface area (Å²) in [5.41, 5.74) is 6.78. The van der Waals surface area contributed by atoms with E-state index in [1.165, 1.54) is 35.3 Å². The van der Waals surface area contributed by atoms with E-state index in [1.807, 2.05) is 6.07 Å². The van der Waals surface area contributed by atoms with Gasteiger partial charge >= 0.3 is 12.1 Å². The molecule has 1 aliphatic heterocycles. The largest absolute Gasteiger partial charge is 0.478 e. The second-order valence-electron chi connectivity index (χ2n) is 5.61. The molecular formula is C17H16N2O5S. The van der Waals surface area contributed by atoms with Crippen LogP contribution in [0.2, 0.25) is 0 Å². The highest BCUT2D eigenvalue weighted by atomic mass is 32.1. The topological polar surface area (TPSA) is 110 Å². The van der Waals surface area contributed by atoms with Crippen LogP contribution in [0.3, 0.4) is 0 Å². The first kappa shape index (κ1) is 17.1. The number of hydrogen-bond acceptors (Lipinski definition) is 6. The molecule has 3 rings (SSSR count). The summed E-state index contributed by atoms with van der Waals surface area (Å²) >= 11 is 1.34. The van der Waals surface area contributed by atoms with Crippen molar-refractivity contribution in [3.05, 3.63) is 42.0 Å². The molecule has 7 nitrogen and oxygen atoms in total. The number of aromatic carboxylic acids is 1. The molecule has 2 heterocycles. The number of Topliss-reactive ketones (excluding diaryl/α,β-unsaturated/α-hetero) is 1.